The molecular formula is C16H21BrN2. The molecule has 2 aromatic rings. The summed E-state index contributed by atoms with van der Waals surface area (Å²) in [6.07, 6.45) is 1.10. The van der Waals surface area contributed by atoms with E-state index in [0.29, 0.717) is 0 Å². The number of halogens is 1. The SMILES string of the molecule is CCCNc1nc2ccc(Br)cc2cc1C(C)(C)C. The van der Waals surface area contributed by atoms with E-state index in [1.165, 1.54) is 10.9 Å². The van der Waals surface area contributed by atoms with Gasteiger partial charge in [-0.25, -0.2) is 4.98 Å². The average Bonchev–Trinajstić information content (AvgIpc) is 2.34. The van der Waals surface area contributed by atoms with Gasteiger partial charge in [0, 0.05) is 22.0 Å². The highest BCUT2D eigenvalue weighted by atomic mass is 79.9. The van der Waals surface area contributed by atoms with Gasteiger partial charge in [0.1, 0.15) is 5.82 Å². The number of pyridine rings is 1. The standard InChI is InChI=1S/C16H21BrN2/c1-5-8-18-15-13(16(2,3)4)10-11-9-12(17)6-7-14(11)19-15/h6-7,9-10H,5,8H2,1-4H3,(H,18,19). The highest BCUT2D eigenvalue weighted by molar-refractivity contribution is 9.10. The smallest absolute Gasteiger partial charge is 0.130 e. The molecule has 2 rings (SSSR count). The molecule has 1 aromatic heterocycles. The summed E-state index contributed by atoms with van der Waals surface area (Å²) in [5.41, 5.74) is 2.39. The average molecular weight is 321 g/mol. The maximum absolute atomic E-state index is 4.79. The second-order valence-electron chi connectivity index (χ2n) is 5.90. The van der Waals surface area contributed by atoms with Crippen LogP contribution in [0.25, 0.3) is 10.9 Å². The van der Waals surface area contributed by atoms with Gasteiger partial charge < -0.3 is 5.32 Å². The largest absolute Gasteiger partial charge is 0.370 e. The van der Waals surface area contributed by atoms with E-state index in [-0.39, 0.29) is 5.41 Å². The molecule has 0 bridgehead atoms. The molecule has 0 aliphatic heterocycles. The number of hydrogen-bond donors (Lipinski definition) is 1. The molecule has 0 aliphatic carbocycles. The fourth-order valence-corrected chi connectivity index (χ4v) is 2.48. The molecule has 0 spiro atoms. The number of anilines is 1. The molecule has 0 amide bonds. The highest BCUT2D eigenvalue weighted by Crippen LogP contribution is 2.32. The van der Waals surface area contributed by atoms with Gasteiger partial charge in [-0.3, -0.25) is 0 Å². The summed E-state index contributed by atoms with van der Waals surface area (Å²) in [5, 5.41) is 4.64. The topological polar surface area (TPSA) is 24.9 Å². The van der Waals surface area contributed by atoms with E-state index in [0.717, 1.165) is 28.8 Å². The van der Waals surface area contributed by atoms with Crippen LogP contribution in [0.3, 0.4) is 0 Å². The zero-order valence-electron chi connectivity index (χ0n) is 12.0. The molecule has 1 aromatic carbocycles. The summed E-state index contributed by atoms with van der Waals surface area (Å²) in [6.45, 7) is 9.81. The monoisotopic (exact) mass is 320 g/mol. The van der Waals surface area contributed by atoms with Crippen LogP contribution in [0.2, 0.25) is 0 Å². The van der Waals surface area contributed by atoms with E-state index in [9.17, 15) is 0 Å². The molecule has 0 saturated heterocycles. The van der Waals surface area contributed by atoms with Crippen molar-refractivity contribution < 1.29 is 0 Å². The first-order valence-corrected chi connectivity index (χ1v) is 7.56. The molecule has 0 aliphatic rings. The summed E-state index contributed by atoms with van der Waals surface area (Å²) in [7, 11) is 0. The molecular weight excluding hydrogens is 300 g/mol. The number of benzene rings is 1. The van der Waals surface area contributed by atoms with Crippen molar-refractivity contribution in [1.29, 1.82) is 0 Å². The second-order valence-corrected chi connectivity index (χ2v) is 6.81. The van der Waals surface area contributed by atoms with Crippen LogP contribution in [0.15, 0.2) is 28.7 Å². The number of nitrogens with one attached hydrogen (secondary N) is 1. The predicted molar refractivity (Wildman–Crippen MR) is 86.9 cm³/mol. The fourth-order valence-electron chi connectivity index (χ4n) is 2.10. The van der Waals surface area contributed by atoms with Crippen LogP contribution < -0.4 is 5.32 Å². The lowest BCUT2D eigenvalue weighted by molar-refractivity contribution is 0.590. The van der Waals surface area contributed by atoms with Crippen molar-refractivity contribution in [1.82, 2.24) is 4.98 Å². The Bertz CT molecular complexity index is 585. The van der Waals surface area contributed by atoms with E-state index in [1.807, 2.05) is 6.07 Å². The van der Waals surface area contributed by atoms with Crippen LogP contribution in [-0.2, 0) is 5.41 Å². The van der Waals surface area contributed by atoms with Crippen LogP contribution in [0.4, 0.5) is 5.82 Å². The van der Waals surface area contributed by atoms with Gasteiger partial charge in [-0.2, -0.15) is 0 Å². The van der Waals surface area contributed by atoms with Crippen LogP contribution in [-0.4, -0.2) is 11.5 Å². The van der Waals surface area contributed by atoms with Gasteiger partial charge in [0.15, 0.2) is 0 Å². The zero-order chi connectivity index (χ0) is 14.0. The summed E-state index contributed by atoms with van der Waals surface area (Å²) in [6, 6.07) is 8.48. The Morgan fingerprint density at radius 3 is 2.58 bits per heavy atom. The van der Waals surface area contributed by atoms with E-state index in [2.05, 4.69) is 67.1 Å². The van der Waals surface area contributed by atoms with Gasteiger partial charge in [-0.05, 0) is 36.1 Å². The summed E-state index contributed by atoms with van der Waals surface area (Å²) < 4.78 is 1.09. The highest BCUT2D eigenvalue weighted by Gasteiger charge is 2.19. The van der Waals surface area contributed by atoms with Crippen LogP contribution in [0, 0.1) is 0 Å². The number of nitrogens with zero attached hydrogens (tertiary/aromatic N) is 1. The summed E-state index contributed by atoms with van der Waals surface area (Å²) in [4.78, 5) is 4.79. The Labute approximate surface area is 123 Å². The van der Waals surface area contributed by atoms with Crippen LogP contribution >= 0.6 is 15.9 Å². The molecule has 0 unspecified atom stereocenters. The molecule has 0 radical (unpaired) electrons. The minimum absolute atomic E-state index is 0.0829. The van der Waals surface area contributed by atoms with Crippen molar-refractivity contribution in [3.63, 3.8) is 0 Å². The molecule has 1 heterocycles. The van der Waals surface area contributed by atoms with Gasteiger partial charge in [0.05, 0.1) is 5.52 Å². The Morgan fingerprint density at radius 1 is 1.21 bits per heavy atom. The van der Waals surface area contributed by atoms with Crippen LogP contribution in [0.5, 0.6) is 0 Å². The van der Waals surface area contributed by atoms with Crippen molar-refractivity contribution in [2.45, 2.75) is 39.5 Å². The molecule has 2 nitrogen and oxygen atoms in total. The van der Waals surface area contributed by atoms with Crippen molar-refractivity contribution in [3.05, 3.63) is 34.3 Å². The minimum atomic E-state index is 0.0829. The van der Waals surface area contributed by atoms with Crippen molar-refractivity contribution in [2.75, 3.05) is 11.9 Å². The third-order valence-corrected chi connectivity index (χ3v) is 3.62. The van der Waals surface area contributed by atoms with Crippen molar-refractivity contribution in [2.24, 2.45) is 0 Å². The summed E-state index contributed by atoms with van der Waals surface area (Å²) >= 11 is 3.52. The Kier molecular flexibility index (Phi) is 4.14. The van der Waals surface area contributed by atoms with E-state index in [4.69, 9.17) is 4.98 Å². The molecule has 0 fully saturated rings. The van der Waals surface area contributed by atoms with Crippen molar-refractivity contribution in [3.8, 4) is 0 Å². The second kappa shape index (κ2) is 5.49. The zero-order valence-corrected chi connectivity index (χ0v) is 13.6. The van der Waals surface area contributed by atoms with Gasteiger partial charge in [0.2, 0.25) is 0 Å². The lowest BCUT2D eigenvalue weighted by atomic mass is 9.86. The minimum Gasteiger partial charge on any atom is -0.370 e. The van der Waals surface area contributed by atoms with Gasteiger partial charge in [-0.1, -0.05) is 43.6 Å². The Balaban J connectivity index is 2.60. The molecule has 1 N–H and O–H groups in total. The van der Waals surface area contributed by atoms with Crippen LogP contribution in [0.1, 0.15) is 39.7 Å². The Morgan fingerprint density at radius 2 is 1.95 bits per heavy atom. The predicted octanol–water partition coefficient (Wildman–Crippen LogP) is 5.12. The third kappa shape index (κ3) is 3.27. The number of aromatic nitrogens is 1. The Hall–Kier alpha value is -1.09. The molecule has 3 heteroatoms. The maximum Gasteiger partial charge on any atom is 0.130 e. The number of hydrogen-bond acceptors (Lipinski definition) is 2. The number of fused-ring (bicyclic) bond motifs is 1. The van der Waals surface area contributed by atoms with Gasteiger partial charge in [0.25, 0.3) is 0 Å². The first kappa shape index (κ1) is 14.3. The first-order valence-electron chi connectivity index (χ1n) is 6.76. The molecule has 102 valence electrons. The summed E-state index contributed by atoms with van der Waals surface area (Å²) in [5.74, 6) is 1.02. The number of rotatable bonds is 3. The van der Waals surface area contributed by atoms with E-state index in [1.54, 1.807) is 0 Å². The lowest BCUT2D eigenvalue weighted by Gasteiger charge is -2.23. The normalized spacial score (nSPS) is 11.8. The molecule has 0 saturated carbocycles. The van der Waals surface area contributed by atoms with Crippen molar-refractivity contribution >= 4 is 32.7 Å². The van der Waals surface area contributed by atoms with E-state index >= 15 is 0 Å². The van der Waals surface area contributed by atoms with E-state index < -0.39 is 0 Å². The van der Waals surface area contributed by atoms with Gasteiger partial charge >= 0.3 is 0 Å². The molecule has 0 atom stereocenters. The maximum atomic E-state index is 4.79. The quantitative estimate of drug-likeness (QED) is 0.849. The van der Waals surface area contributed by atoms with Gasteiger partial charge in [-0.15, -0.1) is 0 Å². The third-order valence-electron chi connectivity index (χ3n) is 3.13. The lowest BCUT2D eigenvalue weighted by Crippen LogP contribution is -2.16. The fraction of sp³-hybridized carbons (Fsp3) is 0.438. The molecule has 19 heavy (non-hydrogen) atoms. The first-order chi connectivity index (χ1) is 8.91.